The Bertz CT molecular complexity index is 1310. The van der Waals surface area contributed by atoms with Crippen LogP contribution in [0.2, 0.25) is 0 Å². The summed E-state index contributed by atoms with van der Waals surface area (Å²) < 4.78 is 23.9. The number of ether oxygens (including phenoxy) is 3. The summed E-state index contributed by atoms with van der Waals surface area (Å²) in [6.07, 6.45) is 3.53. The minimum Gasteiger partial charge on any atom is -0.497 e. The van der Waals surface area contributed by atoms with Crippen molar-refractivity contribution in [3.05, 3.63) is 88.8 Å². The molecule has 1 atom stereocenters. The van der Waals surface area contributed by atoms with Crippen LogP contribution in [-0.4, -0.2) is 34.8 Å². The Kier molecular flexibility index (Phi) is 7.05. The fraction of sp³-hybridized carbons (Fsp3) is 0.269. The Hall–Kier alpha value is -4.27. The van der Waals surface area contributed by atoms with Gasteiger partial charge < -0.3 is 28.6 Å². The molecule has 0 aliphatic rings. The second-order valence-electron chi connectivity index (χ2n) is 8.04. The van der Waals surface area contributed by atoms with Crippen LogP contribution in [0.4, 0.5) is 0 Å². The number of hydrogen-bond acceptors (Lipinski definition) is 7. The number of amides is 1. The highest BCUT2D eigenvalue weighted by molar-refractivity contribution is 5.95. The number of nitrogens with one attached hydrogen (secondary N) is 1. The molecule has 0 radical (unpaired) electrons. The average Bonchev–Trinajstić information content (AvgIpc) is 3.44. The summed E-state index contributed by atoms with van der Waals surface area (Å²) in [5.41, 5.74) is 2.92. The Morgan fingerprint density at radius 1 is 1.11 bits per heavy atom. The van der Waals surface area contributed by atoms with Crippen LogP contribution in [0.3, 0.4) is 0 Å². The molecule has 9 nitrogen and oxygen atoms in total. The lowest BCUT2D eigenvalue weighted by atomic mass is 10.0. The summed E-state index contributed by atoms with van der Waals surface area (Å²) in [5.74, 6) is 2.76. The number of aryl methyl sites for hydroxylation is 3. The van der Waals surface area contributed by atoms with Gasteiger partial charge in [-0.05, 0) is 49.7 Å². The van der Waals surface area contributed by atoms with Crippen LogP contribution in [0.25, 0.3) is 0 Å². The Morgan fingerprint density at radius 3 is 2.60 bits per heavy atom. The predicted octanol–water partition coefficient (Wildman–Crippen LogP) is 4.14. The van der Waals surface area contributed by atoms with Crippen molar-refractivity contribution in [1.29, 1.82) is 0 Å². The van der Waals surface area contributed by atoms with Crippen molar-refractivity contribution < 1.29 is 23.5 Å². The van der Waals surface area contributed by atoms with E-state index in [1.54, 1.807) is 31.5 Å². The van der Waals surface area contributed by atoms with E-state index in [1.807, 2.05) is 55.9 Å². The third-order valence-corrected chi connectivity index (χ3v) is 5.80. The van der Waals surface area contributed by atoms with E-state index in [0.717, 1.165) is 16.8 Å². The minimum absolute atomic E-state index is 0.278. The Labute approximate surface area is 203 Å². The number of benzene rings is 2. The number of nitrogens with zero attached hydrogens (tertiary/aromatic N) is 3. The van der Waals surface area contributed by atoms with Gasteiger partial charge in [0.05, 0.1) is 25.5 Å². The van der Waals surface area contributed by atoms with Crippen molar-refractivity contribution in [2.24, 2.45) is 7.05 Å². The lowest BCUT2D eigenvalue weighted by Crippen LogP contribution is -2.31. The monoisotopic (exact) mass is 476 g/mol. The van der Waals surface area contributed by atoms with E-state index in [-0.39, 0.29) is 12.5 Å². The maximum Gasteiger partial charge on any atom is 0.252 e. The highest BCUT2D eigenvalue weighted by atomic mass is 16.5. The number of rotatable bonds is 9. The van der Waals surface area contributed by atoms with Gasteiger partial charge in [-0.1, -0.05) is 17.3 Å². The quantitative estimate of drug-likeness (QED) is 0.387. The van der Waals surface area contributed by atoms with Crippen LogP contribution in [0.15, 0.2) is 59.4 Å². The third kappa shape index (κ3) is 5.13. The molecule has 2 heterocycles. The maximum atomic E-state index is 13.3. The number of carbonyl (C=O) groups is 1. The summed E-state index contributed by atoms with van der Waals surface area (Å²) in [7, 11) is 5.03. The molecule has 4 aromatic rings. The van der Waals surface area contributed by atoms with Gasteiger partial charge in [-0.3, -0.25) is 4.79 Å². The van der Waals surface area contributed by atoms with Gasteiger partial charge in [-0.15, -0.1) is 0 Å². The van der Waals surface area contributed by atoms with E-state index in [9.17, 15) is 4.79 Å². The number of imidazole rings is 1. The first-order valence-electron chi connectivity index (χ1n) is 11.1. The standard InChI is InChI=1S/C26H28N4O5/c1-16-21(17(2)35-29-16)15-34-22-10-9-19(14-23(22)33-5)26(31)28-24(25-27-11-12-30(25)3)18-7-6-8-20(13-18)32-4/h6-14,24H,15H2,1-5H3,(H,28,31). The van der Waals surface area contributed by atoms with E-state index in [1.165, 1.54) is 7.11 Å². The molecule has 35 heavy (non-hydrogen) atoms. The molecule has 0 aliphatic carbocycles. The summed E-state index contributed by atoms with van der Waals surface area (Å²) in [4.78, 5) is 17.8. The first-order valence-corrected chi connectivity index (χ1v) is 11.1. The van der Waals surface area contributed by atoms with Gasteiger partial charge in [0.25, 0.3) is 5.91 Å². The number of carbonyl (C=O) groups excluding carboxylic acids is 1. The van der Waals surface area contributed by atoms with Crippen molar-refractivity contribution in [1.82, 2.24) is 20.0 Å². The molecular formula is C26H28N4O5. The number of methoxy groups -OCH3 is 2. The van der Waals surface area contributed by atoms with E-state index >= 15 is 0 Å². The zero-order valence-electron chi connectivity index (χ0n) is 20.4. The lowest BCUT2D eigenvalue weighted by Gasteiger charge is -2.20. The highest BCUT2D eigenvalue weighted by Crippen LogP contribution is 2.30. The summed E-state index contributed by atoms with van der Waals surface area (Å²) in [5, 5.41) is 7.03. The number of hydrogen-bond donors (Lipinski definition) is 1. The lowest BCUT2D eigenvalue weighted by molar-refractivity contribution is 0.0940. The molecule has 1 N–H and O–H groups in total. The molecule has 0 aliphatic heterocycles. The van der Waals surface area contributed by atoms with Crippen molar-refractivity contribution in [2.75, 3.05) is 14.2 Å². The van der Waals surface area contributed by atoms with Crippen LogP contribution in [-0.2, 0) is 13.7 Å². The Morgan fingerprint density at radius 2 is 1.94 bits per heavy atom. The van der Waals surface area contributed by atoms with Crippen LogP contribution in [0, 0.1) is 13.8 Å². The van der Waals surface area contributed by atoms with E-state index in [0.29, 0.717) is 34.4 Å². The van der Waals surface area contributed by atoms with E-state index in [2.05, 4.69) is 15.5 Å². The molecule has 0 bridgehead atoms. The van der Waals surface area contributed by atoms with Gasteiger partial charge in [0.2, 0.25) is 0 Å². The molecule has 2 aromatic heterocycles. The summed E-state index contributed by atoms with van der Waals surface area (Å²) >= 11 is 0. The van der Waals surface area contributed by atoms with Crippen LogP contribution >= 0.6 is 0 Å². The number of aromatic nitrogens is 3. The van der Waals surface area contributed by atoms with E-state index < -0.39 is 6.04 Å². The van der Waals surface area contributed by atoms with Gasteiger partial charge in [0, 0.05) is 25.0 Å². The van der Waals surface area contributed by atoms with Gasteiger partial charge >= 0.3 is 0 Å². The normalized spacial score (nSPS) is 11.7. The van der Waals surface area contributed by atoms with Crippen molar-refractivity contribution in [3.63, 3.8) is 0 Å². The maximum absolute atomic E-state index is 13.3. The third-order valence-electron chi connectivity index (χ3n) is 5.80. The van der Waals surface area contributed by atoms with Gasteiger partial charge in [-0.25, -0.2) is 4.98 Å². The zero-order chi connectivity index (χ0) is 24.9. The molecule has 4 rings (SSSR count). The van der Waals surface area contributed by atoms with Crippen LogP contribution < -0.4 is 19.5 Å². The SMILES string of the molecule is COc1cccc(C(NC(=O)c2ccc(OCc3c(C)noc3C)c(OC)c2)c2nccn2C)c1. The second kappa shape index (κ2) is 10.3. The fourth-order valence-electron chi connectivity index (χ4n) is 3.77. The zero-order valence-corrected chi connectivity index (χ0v) is 20.4. The van der Waals surface area contributed by atoms with E-state index in [4.69, 9.17) is 18.7 Å². The summed E-state index contributed by atoms with van der Waals surface area (Å²) in [6.45, 7) is 3.98. The van der Waals surface area contributed by atoms with Crippen LogP contribution in [0.5, 0.6) is 17.2 Å². The molecule has 0 fully saturated rings. The Balaban J connectivity index is 1.57. The van der Waals surface area contributed by atoms with Crippen molar-refractivity contribution >= 4 is 5.91 Å². The minimum atomic E-state index is -0.487. The molecule has 2 aromatic carbocycles. The first-order chi connectivity index (χ1) is 16.9. The average molecular weight is 477 g/mol. The largest absolute Gasteiger partial charge is 0.497 e. The van der Waals surface area contributed by atoms with Gasteiger partial charge in [0.1, 0.15) is 30.0 Å². The molecule has 0 spiro atoms. The van der Waals surface area contributed by atoms with Gasteiger partial charge in [-0.2, -0.15) is 0 Å². The topological polar surface area (TPSA) is 101 Å². The molecule has 9 heteroatoms. The van der Waals surface area contributed by atoms with Gasteiger partial charge in [0.15, 0.2) is 11.5 Å². The molecule has 1 unspecified atom stereocenters. The summed E-state index contributed by atoms with van der Waals surface area (Å²) in [6, 6.07) is 12.1. The van der Waals surface area contributed by atoms with Crippen molar-refractivity contribution in [3.8, 4) is 17.2 Å². The first kappa shape index (κ1) is 23.9. The molecule has 1 amide bonds. The predicted molar refractivity (Wildman–Crippen MR) is 129 cm³/mol. The van der Waals surface area contributed by atoms with Crippen LogP contribution in [0.1, 0.15) is 44.8 Å². The molecule has 0 saturated heterocycles. The highest BCUT2D eigenvalue weighted by Gasteiger charge is 2.23. The molecule has 0 saturated carbocycles. The molecular weight excluding hydrogens is 448 g/mol. The smallest absolute Gasteiger partial charge is 0.252 e. The molecule has 182 valence electrons. The second-order valence-corrected chi connectivity index (χ2v) is 8.04. The van der Waals surface area contributed by atoms with Crippen molar-refractivity contribution in [2.45, 2.75) is 26.5 Å². The fourth-order valence-corrected chi connectivity index (χ4v) is 3.77.